The van der Waals surface area contributed by atoms with Crippen LogP contribution in [0.3, 0.4) is 0 Å². The standard InChI is InChI=1S/C11H9I2NS.HI/c12-7-10(13)15-9-5-1-3-8-4-2-6-14-11(8)9;/h1-6,10H,7H2;1H. The molecule has 1 aromatic heterocycles. The summed E-state index contributed by atoms with van der Waals surface area (Å²) in [4.78, 5) is 5.72. The number of benzene rings is 1. The Bertz CT molecular complexity index is 458. The molecule has 1 heterocycles. The number of fused-ring (bicyclic) bond motifs is 1. The van der Waals surface area contributed by atoms with Crippen LogP contribution < -0.4 is 0 Å². The SMILES string of the molecule is I.ICC(I)Sc1cccc2cccnc12. The lowest BCUT2D eigenvalue weighted by molar-refractivity contribution is 1.35. The molecular weight excluding hydrogens is 559 g/mol. The molecule has 86 valence electrons. The molecule has 0 aliphatic rings. The van der Waals surface area contributed by atoms with Crippen molar-refractivity contribution in [2.75, 3.05) is 4.43 Å². The van der Waals surface area contributed by atoms with Gasteiger partial charge in [0.2, 0.25) is 0 Å². The first kappa shape index (κ1) is 15.2. The quantitative estimate of drug-likeness (QED) is 0.289. The number of hydrogen-bond donors (Lipinski definition) is 0. The Morgan fingerprint density at radius 2 is 2.00 bits per heavy atom. The molecule has 1 nitrogen and oxygen atoms in total. The Labute approximate surface area is 144 Å². The van der Waals surface area contributed by atoms with Crippen LogP contribution in [0.25, 0.3) is 10.9 Å². The van der Waals surface area contributed by atoms with Crippen molar-refractivity contribution >= 4 is 91.8 Å². The number of para-hydroxylation sites is 1. The lowest BCUT2D eigenvalue weighted by Gasteiger charge is -2.07. The van der Waals surface area contributed by atoms with Crippen LogP contribution in [0.1, 0.15) is 0 Å². The maximum atomic E-state index is 4.44. The van der Waals surface area contributed by atoms with Gasteiger partial charge in [-0.1, -0.05) is 63.4 Å². The van der Waals surface area contributed by atoms with Crippen LogP contribution in [0.15, 0.2) is 41.4 Å². The molecule has 1 unspecified atom stereocenters. The van der Waals surface area contributed by atoms with Crippen LogP contribution in [0.2, 0.25) is 0 Å². The fraction of sp³-hybridized carbons (Fsp3) is 0.182. The van der Waals surface area contributed by atoms with Crippen molar-refractivity contribution in [2.24, 2.45) is 0 Å². The van der Waals surface area contributed by atoms with Gasteiger partial charge in [0, 0.05) is 20.9 Å². The Morgan fingerprint density at radius 3 is 2.75 bits per heavy atom. The first-order chi connectivity index (χ1) is 7.31. The van der Waals surface area contributed by atoms with E-state index in [0.29, 0.717) is 3.26 Å². The van der Waals surface area contributed by atoms with Crippen LogP contribution in [-0.4, -0.2) is 12.7 Å². The number of nitrogens with zero attached hydrogens (tertiary/aromatic N) is 1. The molecular formula is C11H10I3NS. The molecule has 0 amide bonds. The van der Waals surface area contributed by atoms with Gasteiger partial charge in [0.1, 0.15) is 0 Å². The van der Waals surface area contributed by atoms with E-state index in [0.717, 1.165) is 9.94 Å². The number of hydrogen-bond acceptors (Lipinski definition) is 2. The van der Waals surface area contributed by atoms with Gasteiger partial charge in [0.25, 0.3) is 0 Å². The minimum atomic E-state index is 0. The van der Waals surface area contributed by atoms with Crippen LogP contribution in [0.5, 0.6) is 0 Å². The largest absolute Gasteiger partial charge is 0.255 e. The maximum Gasteiger partial charge on any atom is 0.0838 e. The zero-order chi connectivity index (χ0) is 10.7. The molecule has 2 rings (SSSR count). The molecule has 0 fully saturated rings. The summed E-state index contributed by atoms with van der Waals surface area (Å²) in [5.74, 6) is 0. The summed E-state index contributed by atoms with van der Waals surface area (Å²) < 4.78 is 1.75. The number of alkyl halides is 2. The van der Waals surface area contributed by atoms with Crippen LogP contribution >= 0.6 is 80.9 Å². The molecule has 0 radical (unpaired) electrons. The average Bonchev–Trinajstić information content (AvgIpc) is 2.29. The minimum absolute atomic E-state index is 0. The van der Waals surface area contributed by atoms with Gasteiger partial charge in [0.15, 0.2) is 0 Å². The molecule has 0 bridgehead atoms. The third-order valence-corrected chi connectivity index (χ3v) is 7.34. The minimum Gasteiger partial charge on any atom is -0.255 e. The zero-order valence-corrected chi connectivity index (χ0v) is 15.7. The summed E-state index contributed by atoms with van der Waals surface area (Å²) >= 11 is 6.77. The molecule has 0 spiro atoms. The smallest absolute Gasteiger partial charge is 0.0838 e. The fourth-order valence-electron chi connectivity index (χ4n) is 1.34. The molecule has 0 aliphatic carbocycles. The number of thioether (sulfide) groups is 1. The molecule has 1 aromatic carbocycles. The van der Waals surface area contributed by atoms with E-state index in [-0.39, 0.29) is 24.0 Å². The van der Waals surface area contributed by atoms with E-state index in [9.17, 15) is 0 Å². The topological polar surface area (TPSA) is 12.9 Å². The Balaban J connectivity index is 0.00000128. The van der Waals surface area contributed by atoms with E-state index < -0.39 is 0 Å². The first-order valence-corrected chi connectivity index (χ1v) is 8.17. The summed E-state index contributed by atoms with van der Waals surface area (Å²) in [6.45, 7) is 0. The molecule has 0 aliphatic heterocycles. The van der Waals surface area contributed by atoms with Crippen molar-refractivity contribution in [1.82, 2.24) is 4.98 Å². The summed E-state index contributed by atoms with van der Waals surface area (Å²) in [6.07, 6.45) is 1.86. The second kappa shape index (κ2) is 7.57. The van der Waals surface area contributed by atoms with Crippen LogP contribution in [-0.2, 0) is 0 Å². The van der Waals surface area contributed by atoms with E-state index in [1.54, 1.807) is 0 Å². The Morgan fingerprint density at radius 1 is 1.25 bits per heavy atom. The highest BCUT2D eigenvalue weighted by molar-refractivity contribution is 14.1. The van der Waals surface area contributed by atoms with Crippen molar-refractivity contribution in [3.63, 3.8) is 0 Å². The predicted octanol–water partition coefficient (Wildman–Crippen LogP) is 5.14. The fourth-order valence-corrected chi connectivity index (χ4v) is 3.48. The lowest BCUT2D eigenvalue weighted by Crippen LogP contribution is -1.92. The van der Waals surface area contributed by atoms with Crippen LogP contribution in [0, 0.1) is 0 Å². The molecule has 2 aromatic rings. The first-order valence-electron chi connectivity index (χ1n) is 4.51. The van der Waals surface area contributed by atoms with Crippen LogP contribution in [0.4, 0.5) is 0 Å². The van der Waals surface area contributed by atoms with Crippen molar-refractivity contribution in [3.05, 3.63) is 36.5 Å². The average molecular weight is 569 g/mol. The maximum absolute atomic E-state index is 4.44. The van der Waals surface area contributed by atoms with Gasteiger partial charge in [-0.25, -0.2) is 0 Å². The van der Waals surface area contributed by atoms with E-state index in [1.165, 1.54) is 10.3 Å². The van der Waals surface area contributed by atoms with E-state index in [4.69, 9.17) is 0 Å². The lowest BCUT2D eigenvalue weighted by atomic mass is 10.2. The van der Waals surface area contributed by atoms with E-state index in [1.807, 2.05) is 24.0 Å². The Kier molecular flexibility index (Phi) is 7.21. The highest BCUT2D eigenvalue weighted by Gasteiger charge is 2.07. The predicted molar refractivity (Wildman–Crippen MR) is 99.7 cm³/mol. The summed E-state index contributed by atoms with van der Waals surface area (Å²) in [5.41, 5.74) is 1.12. The molecule has 0 saturated heterocycles. The molecule has 5 heteroatoms. The van der Waals surface area contributed by atoms with Gasteiger partial charge in [-0.05, 0) is 12.1 Å². The van der Waals surface area contributed by atoms with E-state index >= 15 is 0 Å². The van der Waals surface area contributed by atoms with Crippen molar-refractivity contribution < 1.29 is 0 Å². The number of halogens is 3. The van der Waals surface area contributed by atoms with Gasteiger partial charge in [-0.3, -0.25) is 4.98 Å². The molecule has 16 heavy (non-hydrogen) atoms. The van der Waals surface area contributed by atoms with Gasteiger partial charge in [-0.15, -0.1) is 35.7 Å². The highest BCUT2D eigenvalue weighted by atomic mass is 127. The van der Waals surface area contributed by atoms with Crippen molar-refractivity contribution in [3.8, 4) is 0 Å². The van der Waals surface area contributed by atoms with Gasteiger partial charge < -0.3 is 0 Å². The normalized spacial score (nSPS) is 12.1. The second-order valence-electron chi connectivity index (χ2n) is 3.01. The summed E-state index contributed by atoms with van der Waals surface area (Å²) in [7, 11) is 0. The third-order valence-electron chi connectivity index (χ3n) is 1.97. The highest BCUT2D eigenvalue weighted by Crippen LogP contribution is 2.33. The molecule has 1 atom stereocenters. The monoisotopic (exact) mass is 569 g/mol. The van der Waals surface area contributed by atoms with Crippen molar-refractivity contribution in [1.29, 1.82) is 0 Å². The van der Waals surface area contributed by atoms with Gasteiger partial charge in [0.05, 0.1) is 8.77 Å². The van der Waals surface area contributed by atoms with E-state index in [2.05, 4.69) is 74.4 Å². The number of pyridine rings is 1. The second-order valence-corrected chi connectivity index (χ2v) is 7.49. The van der Waals surface area contributed by atoms with Gasteiger partial charge >= 0.3 is 0 Å². The number of rotatable bonds is 3. The molecule has 0 saturated carbocycles. The molecule has 0 N–H and O–H groups in total. The van der Waals surface area contributed by atoms with Gasteiger partial charge in [-0.2, -0.15) is 0 Å². The Hall–Kier alpha value is 1.17. The third kappa shape index (κ3) is 3.84. The summed E-state index contributed by atoms with van der Waals surface area (Å²) in [6, 6.07) is 10.5. The zero-order valence-electron chi connectivity index (χ0n) is 8.27. The summed E-state index contributed by atoms with van der Waals surface area (Å²) in [5, 5.41) is 1.22. The number of aromatic nitrogens is 1. The van der Waals surface area contributed by atoms with Crippen molar-refractivity contribution in [2.45, 2.75) is 8.15 Å².